The molecule has 0 unspecified atom stereocenters. The molecular formula is C24H25NO5. The Labute approximate surface area is 176 Å². The van der Waals surface area contributed by atoms with Gasteiger partial charge in [0.2, 0.25) is 0 Å². The summed E-state index contributed by atoms with van der Waals surface area (Å²) in [5.41, 5.74) is 3.52. The zero-order valence-corrected chi connectivity index (χ0v) is 17.8. The van der Waals surface area contributed by atoms with Crippen molar-refractivity contribution in [3.8, 4) is 11.5 Å². The van der Waals surface area contributed by atoms with Crippen LogP contribution in [0.25, 0.3) is 6.08 Å². The number of hydrogen-bond acceptors (Lipinski definition) is 5. The van der Waals surface area contributed by atoms with E-state index in [-0.39, 0.29) is 17.1 Å². The number of hydrogen-bond donors (Lipinski definition) is 0. The molecule has 1 amide bonds. The Bertz CT molecular complexity index is 1030. The van der Waals surface area contributed by atoms with E-state index in [4.69, 9.17) is 14.2 Å². The maximum atomic E-state index is 13.4. The van der Waals surface area contributed by atoms with Gasteiger partial charge in [0.05, 0.1) is 32.5 Å². The van der Waals surface area contributed by atoms with Gasteiger partial charge in [-0.25, -0.2) is 4.79 Å². The molecule has 0 saturated heterocycles. The van der Waals surface area contributed by atoms with E-state index in [2.05, 4.69) is 6.92 Å². The van der Waals surface area contributed by atoms with E-state index in [0.717, 1.165) is 6.42 Å². The highest BCUT2D eigenvalue weighted by Crippen LogP contribution is 2.37. The van der Waals surface area contributed by atoms with Gasteiger partial charge in [0.1, 0.15) is 11.5 Å². The van der Waals surface area contributed by atoms with Crippen LogP contribution in [0.2, 0.25) is 0 Å². The normalized spacial score (nSPS) is 15.0. The molecule has 6 nitrogen and oxygen atoms in total. The Morgan fingerprint density at radius 3 is 2.30 bits per heavy atom. The van der Waals surface area contributed by atoms with Crippen LogP contribution in [0.3, 0.4) is 0 Å². The number of amides is 1. The van der Waals surface area contributed by atoms with Crippen LogP contribution in [-0.4, -0.2) is 33.2 Å². The number of carbonyl (C=O) groups excluding carboxylic acids is 2. The summed E-state index contributed by atoms with van der Waals surface area (Å²) >= 11 is 0. The number of methoxy groups -OCH3 is 3. The number of anilines is 1. The van der Waals surface area contributed by atoms with E-state index >= 15 is 0 Å². The highest BCUT2D eigenvalue weighted by Gasteiger charge is 2.38. The van der Waals surface area contributed by atoms with Crippen molar-refractivity contribution < 1.29 is 23.8 Å². The Balaban J connectivity index is 2.13. The van der Waals surface area contributed by atoms with E-state index in [1.165, 1.54) is 24.7 Å². The SMILES string of the molecule is CCc1ccc(N2C(=O)/C(=C\c3ccc(OC)cc3OC)C(C(=O)OC)=C2C)cc1. The molecule has 0 N–H and O–H groups in total. The molecule has 0 aromatic heterocycles. The molecule has 2 aromatic rings. The highest BCUT2D eigenvalue weighted by atomic mass is 16.5. The van der Waals surface area contributed by atoms with Crippen molar-refractivity contribution in [3.63, 3.8) is 0 Å². The van der Waals surface area contributed by atoms with Crippen LogP contribution in [0.1, 0.15) is 25.0 Å². The van der Waals surface area contributed by atoms with E-state index in [9.17, 15) is 9.59 Å². The van der Waals surface area contributed by atoms with Gasteiger partial charge < -0.3 is 14.2 Å². The Kier molecular flexibility index (Phi) is 6.26. The van der Waals surface area contributed by atoms with Crippen molar-refractivity contribution in [2.45, 2.75) is 20.3 Å². The van der Waals surface area contributed by atoms with Gasteiger partial charge in [-0.1, -0.05) is 19.1 Å². The van der Waals surface area contributed by atoms with Gasteiger partial charge in [0.25, 0.3) is 5.91 Å². The molecule has 1 aliphatic rings. The fourth-order valence-electron chi connectivity index (χ4n) is 3.46. The van der Waals surface area contributed by atoms with Crippen molar-refractivity contribution >= 4 is 23.6 Å². The molecule has 3 rings (SSSR count). The lowest BCUT2D eigenvalue weighted by Gasteiger charge is -2.18. The minimum absolute atomic E-state index is 0.236. The fourth-order valence-corrected chi connectivity index (χ4v) is 3.46. The van der Waals surface area contributed by atoms with Gasteiger partial charge in [-0.05, 0) is 49.2 Å². The summed E-state index contributed by atoms with van der Waals surface area (Å²) in [6, 6.07) is 13.0. The second kappa shape index (κ2) is 8.86. The van der Waals surface area contributed by atoms with Gasteiger partial charge in [-0.2, -0.15) is 0 Å². The molecule has 0 fully saturated rings. The first kappa shape index (κ1) is 21.2. The van der Waals surface area contributed by atoms with Gasteiger partial charge in [0, 0.05) is 23.0 Å². The first-order valence-corrected chi connectivity index (χ1v) is 9.61. The first-order valence-electron chi connectivity index (χ1n) is 9.61. The molecule has 0 aliphatic carbocycles. The molecule has 2 aromatic carbocycles. The van der Waals surface area contributed by atoms with Crippen molar-refractivity contribution in [2.24, 2.45) is 0 Å². The van der Waals surface area contributed by atoms with Crippen molar-refractivity contribution in [1.82, 2.24) is 0 Å². The number of carbonyl (C=O) groups is 2. The maximum Gasteiger partial charge on any atom is 0.340 e. The van der Waals surface area contributed by atoms with E-state index < -0.39 is 5.97 Å². The first-order chi connectivity index (χ1) is 14.4. The van der Waals surface area contributed by atoms with Crippen molar-refractivity contribution in [1.29, 1.82) is 0 Å². The number of esters is 1. The molecule has 0 bridgehead atoms. The third-order valence-corrected chi connectivity index (χ3v) is 5.13. The van der Waals surface area contributed by atoms with E-state index in [1.54, 1.807) is 38.3 Å². The summed E-state index contributed by atoms with van der Waals surface area (Å²) in [6.07, 6.45) is 2.55. The standard InChI is InChI=1S/C24H25NO5/c1-6-16-7-10-18(11-8-16)25-15(2)22(24(27)30-5)20(23(25)26)13-17-9-12-19(28-3)14-21(17)29-4/h7-14H,6H2,1-5H3/b20-13-. The lowest BCUT2D eigenvalue weighted by molar-refractivity contribution is -0.136. The predicted molar refractivity (Wildman–Crippen MR) is 116 cm³/mol. The monoisotopic (exact) mass is 407 g/mol. The van der Waals surface area contributed by atoms with Crippen molar-refractivity contribution in [3.05, 3.63) is 70.4 Å². The Morgan fingerprint density at radius 1 is 1.03 bits per heavy atom. The summed E-state index contributed by atoms with van der Waals surface area (Å²) in [7, 11) is 4.41. The van der Waals surface area contributed by atoms with Crippen LogP contribution in [0.15, 0.2) is 59.3 Å². The summed E-state index contributed by atoms with van der Waals surface area (Å²) in [6.45, 7) is 3.81. The molecule has 0 spiro atoms. The largest absolute Gasteiger partial charge is 0.497 e. The lowest BCUT2D eigenvalue weighted by Crippen LogP contribution is -2.24. The zero-order chi connectivity index (χ0) is 21.8. The number of ether oxygens (including phenoxy) is 3. The number of aryl methyl sites for hydroxylation is 1. The Hall–Kier alpha value is -3.54. The van der Waals surface area contributed by atoms with Crippen LogP contribution in [0.4, 0.5) is 5.69 Å². The van der Waals surface area contributed by atoms with Crippen molar-refractivity contribution in [2.75, 3.05) is 26.2 Å². The number of rotatable bonds is 6. The second-order valence-electron chi connectivity index (χ2n) is 6.78. The van der Waals surface area contributed by atoms with Crippen LogP contribution in [-0.2, 0) is 20.7 Å². The molecule has 0 radical (unpaired) electrons. The lowest BCUT2D eigenvalue weighted by atomic mass is 10.0. The second-order valence-corrected chi connectivity index (χ2v) is 6.78. The number of allylic oxidation sites excluding steroid dienone is 1. The molecule has 0 atom stereocenters. The molecule has 1 aliphatic heterocycles. The van der Waals surface area contributed by atoms with Crippen LogP contribution < -0.4 is 14.4 Å². The average molecular weight is 407 g/mol. The van der Waals surface area contributed by atoms with Gasteiger partial charge in [-0.3, -0.25) is 9.69 Å². The van der Waals surface area contributed by atoms with Gasteiger partial charge in [-0.15, -0.1) is 0 Å². The smallest absolute Gasteiger partial charge is 0.340 e. The average Bonchev–Trinajstić information content (AvgIpc) is 3.02. The summed E-state index contributed by atoms with van der Waals surface area (Å²) < 4.78 is 15.6. The highest BCUT2D eigenvalue weighted by molar-refractivity contribution is 6.23. The summed E-state index contributed by atoms with van der Waals surface area (Å²) in [5.74, 6) is 0.300. The molecule has 30 heavy (non-hydrogen) atoms. The summed E-state index contributed by atoms with van der Waals surface area (Å²) in [5, 5.41) is 0. The molecule has 156 valence electrons. The molecular weight excluding hydrogens is 382 g/mol. The minimum Gasteiger partial charge on any atom is -0.497 e. The zero-order valence-electron chi connectivity index (χ0n) is 17.8. The quantitative estimate of drug-likeness (QED) is 0.532. The number of benzene rings is 2. The van der Waals surface area contributed by atoms with Gasteiger partial charge >= 0.3 is 5.97 Å². The third kappa shape index (κ3) is 3.81. The van der Waals surface area contributed by atoms with Crippen LogP contribution in [0, 0.1) is 0 Å². The molecule has 0 saturated carbocycles. The molecule has 6 heteroatoms. The maximum absolute atomic E-state index is 13.4. The van der Waals surface area contributed by atoms with E-state index in [0.29, 0.717) is 28.4 Å². The third-order valence-electron chi connectivity index (χ3n) is 5.13. The predicted octanol–water partition coefficient (Wildman–Crippen LogP) is 4.14. The minimum atomic E-state index is -0.563. The van der Waals surface area contributed by atoms with Gasteiger partial charge in [0.15, 0.2) is 0 Å². The van der Waals surface area contributed by atoms with Crippen LogP contribution >= 0.6 is 0 Å². The Morgan fingerprint density at radius 2 is 1.73 bits per heavy atom. The van der Waals surface area contributed by atoms with Crippen LogP contribution in [0.5, 0.6) is 11.5 Å². The number of nitrogens with zero attached hydrogens (tertiary/aromatic N) is 1. The topological polar surface area (TPSA) is 65.1 Å². The van der Waals surface area contributed by atoms with E-state index in [1.807, 2.05) is 24.3 Å². The molecule has 1 heterocycles. The fraction of sp³-hybridized carbons (Fsp3) is 0.250. The summed E-state index contributed by atoms with van der Waals surface area (Å²) in [4.78, 5) is 27.5.